The fourth-order valence-corrected chi connectivity index (χ4v) is 3.01. The summed E-state index contributed by atoms with van der Waals surface area (Å²) < 4.78 is 0.992. The SMILES string of the molecule is Cc1ccc(C=CC(=O)N(C)CC2CC(O)C2)c(Br)c1. The van der Waals surface area contributed by atoms with E-state index in [1.165, 1.54) is 5.56 Å². The van der Waals surface area contributed by atoms with Gasteiger partial charge in [0.1, 0.15) is 0 Å². The number of rotatable bonds is 4. The van der Waals surface area contributed by atoms with Crippen LogP contribution >= 0.6 is 15.9 Å². The first-order valence-corrected chi connectivity index (χ1v) is 7.62. The van der Waals surface area contributed by atoms with Crippen molar-refractivity contribution in [2.24, 2.45) is 5.92 Å². The Bertz CT molecular complexity index is 521. The van der Waals surface area contributed by atoms with Crippen molar-refractivity contribution in [1.82, 2.24) is 4.90 Å². The largest absolute Gasteiger partial charge is 0.393 e. The Hall–Kier alpha value is -1.13. The van der Waals surface area contributed by atoms with Gasteiger partial charge >= 0.3 is 0 Å². The van der Waals surface area contributed by atoms with Gasteiger partial charge in [0.25, 0.3) is 0 Å². The van der Waals surface area contributed by atoms with Gasteiger partial charge in [-0.05, 0) is 49.0 Å². The molecular weight excluding hydrogens is 318 g/mol. The minimum Gasteiger partial charge on any atom is -0.393 e. The minimum absolute atomic E-state index is 0.00105. The highest BCUT2D eigenvalue weighted by molar-refractivity contribution is 9.10. The second-order valence-electron chi connectivity index (χ2n) is 5.57. The van der Waals surface area contributed by atoms with Crippen LogP contribution in [0.3, 0.4) is 0 Å². The van der Waals surface area contributed by atoms with Gasteiger partial charge < -0.3 is 10.0 Å². The highest BCUT2D eigenvalue weighted by Crippen LogP contribution is 2.27. The number of nitrogens with zero attached hydrogens (tertiary/aromatic N) is 1. The second kappa shape index (κ2) is 6.55. The van der Waals surface area contributed by atoms with Crippen molar-refractivity contribution < 1.29 is 9.90 Å². The first kappa shape index (κ1) is 15.3. The van der Waals surface area contributed by atoms with E-state index in [0.717, 1.165) is 29.4 Å². The van der Waals surface area contributed by atoms with Crippen LogP contribution in [0.4, 0.5) is 0 Å². The molecule has 0 spiro atoms. The first-order chi connectivity index (χ1) is 9.45. The number of aliphatic hydroxyl groups excluding tert-OH is 1. The monoisotopic (exact) mass is 337 g/mol. The third-order valence-corrected chi connectivity index (χ3v) is 4.37. The van der Waals surface area contributed by atoms with Crippen LogP contribution < -0.4 is 0 Å². The molecule has 3 nitrogen and oxygen atoms in total. The third-order valence-electron chi connectivity index (χ3n) is 3.68. The predicted molar refractivity (Wildman–Crippen MR) is 84.3 cm³/mol. The number of halogens is 1. The average Bonchev–Trinajstić information content (AvgIpc) is 2.35. The molecular formula is C16H20BrNO2. The van der Waals surface area contributed by atoms with E-state index in [4.69, 9.17) is 0 Å². The van der Waals surface area contributed by atoms with Crippen molar-refractivity contribution in [3.8, 4) is 0 Å². The maximum absolute atomic E-state index is 12.0. The van der Waals surface area contributed by atoms with Crippen molar-refractivity contribution in [1.29, 1.82) is 0 Å². The van der Waals surface area contributed by atoms with Crippen LogP contribution in [0, 0.1) is 12.8 Å². The Balaban J connectivity index is 1.91. The molecule has 0 atom stereocenters. The van der Waals surface area contributed by atoms with E-state index >= 15 is 0 Å². The lowest BCUT2D eigenvalue weighted by Crippen LogP contribution is -2.38. The molecule has 1 amide bonds. The van der Waals surface area contributed by atoms with Crippen molar-refractivity contribution in [3.05, 3.63) is 39.9 Å². The lowest BCUT2D eigenvalue weighted by Gasteiger charge is -2.34. The van der Waals surface area contributed by atoms with Gasteiger partial charge in [-0.2, -0.15) is 0 Å². The zero-order valence-electron chi connectivity index (χ0n) is 11.8. The molecule has 20 heavy (non-hydrogen) atoms. The van der Waals surface area contributed by atoms with Crippen LogP contribution in [0.15, 0.2) is 28.7 Å². The van der Waals surface area contributed by atoms with Crippen molar-refractivity contribution in [3.63, 3.8) is 0 Å². The van der Waals surface area contributed by atoms with Crippen molar-refractivity contribution >= 4 is 27.9 Å². The van der Waals surface area contributed by atoms with Gasteiger partial charge in [0, 0.05) is 24.1 Å². The molecule has 1 aromatic rings. The third kappa shape index (κ3) is 3.93. The fraction of sp³-hybridized carbons (Fsp3) is 0.438. The summed E-state index contributed by atoms with van der Waals surface area (Å²) in [6.45, 7) is 2.75. The second-order valence-corrected chi connectivity index (χ2v) is 6.42. The predicted octanol–water partition coefficient (Wildman–Crippen LogP) is 3.00. The molecule has 1 saturated carbocycles. The molecule has 0 saturated heterocycles. The molecule has 0 heterocycles. The maximum atomic E-state index is 12.0. The van der Waals surface area contributed by atoms with Gasteiger partial charge in [-0.15, -0.1) is 0 Å². The van der Waals surface area contributed by atoms with Crippen molar-refractivity contribution in [2.75, 3.05) is 13.6 Å². The van der Waals surface area contributed by atoms with Gasteiger partial charge in [-0.1, -0.05) is 28.1 Å². The van der Waals surface area contributed by atoms with Gasteiger partial charge in [0.15, 0.2) is 0 Å². The Kier molecular flexibility index (Phi) is 5.00. The topological polar surface area (TPSA) is 40.5 Å². The molecule has 0 aromatic heterocycles. The van der Waals surface area contributed by atoms with E-state index in [1.807, 2.05) is 38.2 Å². The lowest BCUT2D eigenvalue weighted by atomic mass is 9.82. The fourth-order valence-electron chi connectivity index (χ4n) is 2.38. The van der Waals surface area contributed by atoms with Crippen LogP contribution in [-0.2, 0) is 4.79 Å². The van der Waals surface area contributed by atoms with Gasteiger partial charge in [-0.25, -0.2) is 0 Å². The smallest absolute Gasteiger partial charge is 0.246 e. The summed E-state index contributed by atoms with van der Waals surface area (Å²) in [5, 5.41) is 9.25. The molecule has 2 rings (SSSR count). The van der Waals surface area contributed by atoms with Crippen LogP contribution in [0.5, 0.6) is 0 Å². The number of carbonyl (C=O) groups is 1. The molecule has 0 radical (unpaired) electrons. The van der Waals surface area contributed by atoms with Gasteiger partial charge in [-0.3, -0.25) is 4.79 Å². The normalized spacial score (nSPS) is 21.8. The summed E-state index contributed by atoms with van der Waals surface area (Å²) in [5.74, 6) is 0.442. The molecule has 1 aromatic carbocycles. The molecule has 0 aliphatic heterocycles. The van der Waals surface area contributed by atoms with Crippen LogP contribution in [-0.4, -0.2) is 35.6 Å². The Morgan fingerprint density at radius 2 is 2.20 bits per heavy atom. The van der Waals surface area contributed by atoms with Crippen molar-refractivity contribution in [2.45, 2.75) is 25.9 Å². The van der Waals surface area contributed by atoms with E-state index in [-0.39, 0.29) is 12.0 Å². The Labute approximate surface area is 128 Å². The van der Waals surface area contributed by atoms with E-state index in [2.05, 4.69) is 15.9 Å². The van der Waals surface area contributed by atoms with Gasteiger partial charge in [0.05, 0.1) is 6.10 Å². The summed E-state index contributed by atoms with van der Waals surface area (Å²) in [4.78, 5) is 13.7. The molecule has 1 aliphatic carbocycles. The molecule has 108 valence electrons. The van der Waals surface area contributed by atoms with E-state index in [9.17, 15) is 9.90 Å². The molecule has 4 heteroatoms. The number of amides is 1. The molecule has 1 aliphatic rings. The lowest BCUT2D eigenvalue weighted by molar-refractivity contribution is -0.126. The number of benzene rings is 1. The number of hydrogen-bond donors (Lipinski definition) is 1. The number of aryl methyl sites for hydroxylation is 1. The summed E-state index contributed by atoms with van der Waals surface area (Å²) in [5.41, 5.74) is 2.18. The number of carbonyl (C=O) groups excluding carboxylic acids is 1. The van der Waals surface area contributed by atoms with Crippen LogP contribution in [0.25, 0.3) is 6.08 Å². The van der Waals surface area contributed by atoms with E-state index in [1.54, 1.807) is 11.0 Å². The minimum atomic E-state index is -0.164. The van der Waals surface area contributed by atoms with E-state index < -0.39 is 0 Å². The standard InChI is InChI=1S/C16H20BrNO2/c1-11-3-4-13(15(17)7-11)5-6-16(20)18(2)10-12-8-14(19)9-12/h3-7,12,14,19H,8-10H2,1-2H3. The molecule has 1 fully saturated rings. The quantitative estimate of drug-likeness (QED) is 0.858. The molecule has 0 bridgehead atoms. The summed E-state index contributed by atoms with van der Waals surface area (Å²) in [7, 11) is 1.81. The molecule has 0 unspecified atom stereocenters. The molecule has 1 N–H and O–H groups in total. The van der Waals surface area contributed by atoms with Gasteiger partial charge in [0.2, 0.25) is 5.91 Å². The average molecular weight is 338 g/mol. The zero-order valence-corrected chi connectivity index (χ0v) is 13.4. The first-order valence-electron chi connectivity index (χ1n) is 6.83. The Morgan fingerprint density at radius 3 is 2.80 bits per heavy atom. The Morgan fingerprint density at radius 1 is 1.50 bits per heavy atom. The van der Waals surface area contributed by atoms with E-state index in [0.29, 0.717) is 5.92 Å². The van der Waals surface area contributed by atoms with Crippen LogP contribution in [0.1, 0.15) is 24.0 Å². The zero-order chi connectivity index (χ0) is 14.7. The number of likely N-dealkylation sites (N-methyl/N-ethyl adjacent to an activating group) is 1. The summed E-state index contributed by atoms with van der Waals surface area (Å²) >= 11 is 3.50. The summed E-state index contributed by atoms with van der Waals surface area (Å²) in [6, 6.07) is 6.05. The van der Waals surface area contributed by atoms with Crippen LogP contribution in [0.2, 0.25) is 0 Å². The highest BCUT2D eigenvalue weighted by atomic mass is 79.9. The highest BCUT2D eigenvalue weighted by Gasteiger charge is 2.28. The number of aliphatic hydroxyl groups is 1. The summed E-state index contributed by atoms with van der Waals surface area (Å²) in [6.07, 6.45) is 4.89. The maximum Gasteiger partial charge on any atom is 0.246 e. The number of hydrogen-bond acceptors (Lipinski definition) is 2.